The van der Waals surface area contributed by atoms with Crippen molar-refractivity contribution in [3.05, 3.63) is 53.6 Å². The molecule has 0 radical (unpaired) electrons. The number of hydrogen-bond acceptors (Lipinski definition) is 4. The van der Waals surface area contributed by atoms with Crippen LogP contribution in [0.25, 0.3) is 0 Å². The maximum Gasteiger partial charge on any atom is 0.410 e. The molecule has 0 aliphatic carbocycles. The molecule has 0 fully saturated rings. The molecule has 0 N–H and O–H groups in total. The van der Waals surface area contributed by atoms with E-state index in [1.165, 1.54) is 0 Å². The molecule has 6 heteroatoms. The van der Waals surface area contributed by atoms with E-state index in [1.807, 2.05) is 37.5 Å². The van der Waals surface area contributed by atoms with Crippen LogP contribution in [0, 0.1) is 0 Å². The molecule has 1 aliphatic heterocycles. The highest BCUT2D eigenvalue weighted by molar-refractivity contribution is 6.08. The summed E-state index contributed by atoms with van der Waals surface area (Å²) in [6.45, 7) is 7.09. The molecule has 3 heterocycles. The minimum atomic E-state index is -0.515. The summed E-state index contributed by atoms with van der Waals surface area (Å²) in [5, 5.41) is 0. The van der Waals surface area contributed by atoms with Crippen LogP contribution < -0.4 is 0 Å². The fraction of sp³-hybridized carbons (Fsp3) is 0.389. The van der Waals surface area contributed by atoms with Crippen LogP contribution in [0.5, 0.6) is 0 Å². The highest BCUT2D eigenvalue weighted by atomic mass is 16.6. The van der Waals surface area contributed by atoms with Crippen molar-refractivity contribution in [1.29, 1.82) is 0 Å². The summed E-state index contributed by atoms with van der Waals surface area (Å²) >= 11 is 0. The number of ketones is 1. The number of hydrogen-bond donors (Lipinski definition) is 0. The zero-order valence-electron chi connectivity index (χ0n) is 14.2. The van der Waals surface area contributed by atoms with Crippen molar-refractivity contribution >= 4 is 11.9 Å². The van der Waals surface area contributed by atoms with E-state index in [0.717, 1.165) is 5.69 Å². The van der Waals surface area contributed by atoms with Gasteiger partial charge in [-0.1, -0.05) is 0 Å². The topological polar surface area (TPSA) is 64.4 Å². The molecule has 6 nitrogen and oxygen atoms in total. The molecule has 1 aliphatic rings. The van der Waals surface area contributed by atoms with Crippen molar-refractivity contribution in [1.82, 2.24) is 14.5 Å². The van der Waals surface area contributed by atoms with E-state index in [-0.39, 0.29) is 11.9 Å². The van der Waals surface area contributed by atoms with E-state index in [0.29, 0.717) is 30.9 Å². The Morgan fingerprint density at radius 1 is 1.08 bits per heavy atom. The number of rotatable bonds is 2. The largest absolute Gasteiger partial charge is 0.444 e. The molecular weight excluding hydrogens is 306 g/mol. The van der Waals surface area contributed by atoms with Crippen molar-refractivity contribution in [3.8, 4) is 0 Å². The van der Waals surface area contributed by atoms with Gasteiger partial charge in [-0.2, -0.15) is 0 Å². The van der Waals surface area contributed by atoms with E-state index in [4.69, 9.17) is 4.74 Å². The second-order valence-electron chi connectivity index (χ2n) is 6.83. The maximum absolute atomic E-state index is 12.6. The second-order valence-corrected chi connectivity index (χ2v) is 6.83. The Morgan fingerprint density at radius 3 is 2.46 bits per heavy atom. The predicted molar refractivity (Wildman–Crippen MR) is 88.7 cm³/mol. The number of aromatic nitrogens is 2. The molecule has 0 spiro atoms. The van der Waals surface area contributed by atoms with Crippen LogP contribution in [0.4, 0.5) is 4.79 Å². The van der Waals surface area contributed by atoms with Gasteiger partial charge in [0.2, 0.25) is 5.78 Å². The average Bonchev–Trinajstić information content (AvgIpc) is 2.96. The van der Waals surface area contributed by atoms with Gasteiger partial charge in [0, 0.05) is 36.7 Å². The number of ether oxygens (including phenoxy) is 1. The number of nitrogens with zero attached hydrogens (tertiary/aromatic N) is 3. The molecular formula is C18H21N3O3. The Kier molecular flexibility index (Phi) is 4.13. The standard InChI is InChI=1S/C18H21N3O3/c1-18(2,3)24-17(23)20-10-11-21-14(12-20)4-5-15(21)16(22)13-6-8-19-9-7-13/h4-9H,10-12H2,1-3H3. The van der Waals surface area contributed by atoms with Crippen molar-refractivity contribution in [3.63, 3.8) is 0 Å². The van der Waals surface area contributed by atoms with Gasteiger partial charge in [-0.05, 0) is 45.0 Å². The van der Waals surface area contributed by atoms with Gasteiger partial charge in [0.1, 0.15) is 5.60 Å². The predicted octanol–water partition coefficient (Wildman–Crippen LogP) is 2.86. The van der Waals surface area contributed by atoms with Crippen LogP contribution in [-0.4, -0.2) is 38.5 Å². The Hall–Kier alpha value is -2.63. The Morgan fingerprint density at radius 2 is 1.79 bits per heavy atom. The zero-order chi connectivity index (χ0) is 17.3. The lowest BCUT2D eigenvalue weighted by Gasteiger charge is -2.31. The van der Waals surface area contributed by atoms with Gasteiger partial charge in [-0.15, -0.1) is 0 Å². The maximum atomic E-state index is 12.6. The lowest BCUT2D eigenvalue weighted by atomic mass is 10.1. The highest BCUT2D eigenvalue weighted by Crippen LogP contribution is 2.21. The van der Waals surface area contributed by atoms with Gasteiger partial charge < -0.3 is 14.2 Å². The van der Waals surface area contributed by atoms with Crippen molar-refractivity contribution in [2.45, 2.75) is 39.5 Å². The van der Waals surface area contributed by atoms with E-state index < -0.39 is 5.60 Å². The number of pyridine rings is 1. The summed E-state index contributed by atoms with van der Waals surface area (Å²) in [4.78, 5) is 30.4. The molecule has 2 aromatic rings. The van der Waals surface area contributed by atoms with Crippen LogP contribution in [-0.2, 0) is 17.8 Å². The van der Waals surface area contributed by atoms with E-state index in [2.05, 4.69) is 4.98 Å². The van der Waals surface area contributed by atoms with Crippen LogP contribution in [0.3, 0.4) is 0 Å². The fourth-order valence-electron chi connectivity index (χ4n) is 2.74. The second kappa shape index (κ2) is 6.11. The summed E-state index contributed by atoms with van der Waals surface area (Å²) in [6.07, 6.45) is 2.90. The first-order chi connectivity index (χ1) is 11.3. The minimum absolute atomic E-state index is 0.0330. The lowest BCUT2D eigenvalue weighted by Crippen LogP contribution is -2.41. The molecule has 3 rings (SSSR count). The van der Waals surface area contributed by atoms with Gasteiger partial charge >= 0.3 is 6.09 Å². The van der Waals surface area contributed by atoms with Crippen LogP contribution in [0.2, 0.25) is 0 Å². The third kappa shape index (κ3) is 3.32. The molecule has 0 unspecified atom stereocenters. The summed E-state index contributed by atoms with van der Waals surface area (Å²) < 4.78 is 7.40. The molecule has 0 atom stereocenters. The number of carbonyl (C=O) groups excluding carboxylic acids is 2. The first kappa shape index (κ1) is 16.2. The Balaban J connectivity index is 1.77. The monoisotopic (exact) mass is 327 g/mol. The molecule has 0 saturated heterocycles. The number of fused-ring (bicyclic) bond motifs is 1. The van der Waals surface area contributed by atoms with E-state index >= 15 is 0 Å². The third-order valence-corrected chi connectivity index (χ3v) is 3.84. The molecule has 24 heavy (non-hydrogen) atoms. The van der Waals surface area contributed by atoms with Gasteiger partial charge in [0.05, 0.1) is 12.2 Å². The summed E-state index contributed by atoms with van der Waals surface area (Å²) in [7, 11) is 0. The van der Waals surface area contributed by atoms with E-state index in [1.54, 1.807) is 29.4 Å². The first-order valence-corrected chi connectivity index (χ1v) is 7.96. The van der Waals surface area contributed by atoms with Crippen LogP contribution in [0.1, 0.15) is 42.5 Å². The Labute approximate surface area is 141 Å². The normalized spacial score (nSPS) is 14.2. The number of carbonyl (C=O) groups is 2. The molecule has 2 aromatic heterocycles. The molecule has 0 saturated carbocycles. The van der Waals surface area contributed by atoms with Gasteiger partial charge in [-0.25, -0.2) is 4.79 Å². The SMILES string of the molecule is CC(C)(C)OC(=O)N1CCn2c(ccc2C(=O)c2ccncc2)C1. The molecule has 1 amide bonds. The van der Waals surface area contributed by atoms with Crippen LogP contribution >= 0.6 is 0 Å². The third-order valence-electron chi connectivity index (χ3n) is 3.84. The lowest BCUT2D eigenvalue weighted by molar-refractivity contribution is 0.0198. The summed E-state index contributed by atoms with van der Waals surface area (Å²) in [5.41, 5.74) is 1.67. The van der Waals surface area contributed by atoms with Gasteiger partial charge in [0.25, 0.3) is 0 Å². The summed E-state index contributed by atoms with van der Waals surface area (Å²) in [6, 6.07) is 7.12. The zero-order valence-corrected chi connectivity index (χ0v) is 14.2. The minimum Gasteiger partial charge on any atom is -0.444 e. The van der Waals surface area contributed by atoms with Crippen LogP contribution in [0.15, 0.2) is 36.7 Å². The first-order valence-electron chi connectivity index (χ1n) is 7.96. The highest BCUT2D eigenvalue weighted by Gasteiger charge is 2.27. The quantitative estimate of drug-likeness (QED) is 0.796. The average molecular weight is 327 g/mol. The summed E-state index contributed by atoms with van der Waals surface area (Å²) in [5.74, 6) is -0.0330. The smallest absolute Gasteiger partial charge is 0.410 e. The fourth-order valence-corrected chi connectivity index (χ4v) is 2.74. The number of amides is 1. The molecule has 126 valence electrons. The van der Waals surface area contributed by atoms with Crippen molar-refractivity contribution in [2.24, 2.45) is 0 Å². The molecule has 0 bridgehead atoms. The van der Waals surface area contributed by atoms with Gasteiger partial charge in [0.15, 0.2) is 0 Å². The molecule has 0 aromatic carbocycles. The van der Waals surface area contributed by atoms with E-state index in [9.17, 15) is 9.59 Å². The van der Waals surface area contributed by atoms with Crippen molar-refractivity contribution in [2.75, 3.05) is 6.54 Å². The van der Waals surface area contributed by atoms with Crippen molar-refractivity contribution < 1.29 is 14.3 Å². The Bertz CT molecular complexity index is 760. The van der Waals surface area contributed by atoms with Gasteiger partial charge in [-0.3, -0.25) is 9.78 Å².